The molecule has 15 heavy (non-hydrogen) atoms. The summed E-state index contributed by atoms with van der Waals surface area (Å²) < 4.78 is 0. The molecule has 0 aromatic heterocycles. The summed E-state index contributed by atoms with van der Waals surface area (Å²) in [5.41, 5.74) is 0.773. The number of rotatable bonds is 5. The first-order chi connectivity index (χ1) is 7.30. The standard InChI is InChI=1S/C13H24N2/c1-10-11(4-7-15-10)8-14-9-13(5-6-13)12-2-3-12/h10-12,14-15H,2-9H2,1H3. The number of nitrogens with one attached hydrogen (secondary N) is 2. The fourth-order valence-electron chi connectivity index (χ4n) is 3.28. The summed E-state index contributed by atoms with van der Waals surface area (Å²) in [4.78, 5) is 0. The van der Waals surface area contributed by atoms with Gasteiger partial charge in [-0.15, -0.1) is 0 Å². The van der Waals surface area contributed by atoms with Crippen molar-refractivity contribution in [1.82, 2.24) is 10.6 Å². The minimum absolute atomic E-state index is 0.730. The van der Waals surface area contributed by atoms with Gasteiger partial charge in [0.25, 0.3) is 0 Å². The highest BCUT2D eigenvalue weighted by atomic mass is 15.0. The molecule has 2 unspecified atom stereocenters. The monoisotopic (exact) mass is 208 g/mol. The summed E-state index contributed by atoms with van der Waals surface area (Å²) >= 11 is 0. The molecule has 0 aromatic carbocycles. The van der Waals surface area contributed by atoms with Gasteiger partial charge in [-0.2, -0.15) is 0 Å². The van der Waals surface area contributed by atoms with Crippen LogP contribution in [0.3, 0.4) is 0 Å². The maximum absolute atomic E-state index is 3.74. The lowest BCUT2D eigenvalue weighted by molar-refractivity contribution is 0.367. The molecule has 2 nitrogen and oxygen atoms in total. The van der Waals surface area contributed by atoms with E-state index in [-0.39, 0.29) is 0 Å². The van der Waals surface area contributed by atoms with Crippen molar-refractivity contribution in [2.24, 2.45) is 17.3 Å². The zero-order chi connectivity index (χ0) is 10.3. The minimum Gasteiger partial charge on any atom is -0.316 e. The van der Waals surface area contributed by atoms with Gasteiger partial charge in [0, 0.05) is 12.6 Å². The quantitative estimate of drug-likeness (QED) is 0.719. The fraction of sp³-hybridized carbons (Fsp3) is 1.00. The molecule has 0 amide bonds. The van der Waals surface area contributed by atoms with Crippen molar-refractivity contribution in [3.8, 4) is 0 Å². The third-order valence-corrected chi connectivity index (χ3v) is 4.91. The molecule has 2 saturated carbocycles. The highest BCUT2D eigenvalue weighted by molar-refractivity contribution is 5.05. The minimum atomic E-state index is 0.730. The molecule has 3 fully saturated rings. The van der Waals surface area contributed by atoms with Crippen LogP contribution in [0.1, 0.15) is 39.0 Å². The lowest BCUT2D eigenvalue weighted by Crippen LogP contribution is -2.34. The Bertz CT molecular complexity index is 231. The van der Waals surface area contributed by atoms with E-state index in [1.165, 1.54) is 51.7 Å². The molecule has 3 aliphatic rings. The molecule has 0 radical (unpaired) electrons. The predicted molar refractivity (Wildman–Crippen MR) is 62.8 cm³/mol. The van der Waals surface area contributed by atoms with Gasteiger partial charge in [0.15, 0.2) is 0 Å². The Hall–Kier alpha value is -0.0800. The topological polar surface area (TPSA) is 24.1 Å². The maximum Gasteiger partial charge on any atom is 0.00795 e. The van der Waals surface area contributed by atoms with Crippen LogP contribution in [0.5, 0.6) is 0 Å². The summed E-state index contributed by atoms with van der Waals surface area (Å²) in [5.74, 6) is 1.98. The lowest BCUT2D eigenvalue weighted by Gasteiger charge is -2.19. The third-order valence-electron chi connectivity index (χ3n) is 4.91. The molecule has 0 aromatic rings. The zero-order valence-corrected chi connectivity index (χ0v) is 9.89. The van der Waals surface area contributed by atoms with E-state index in [1.54, 1.807) is 0 Å². The molecule has 1 aliphatic heterocycles. The molecule has 2 heteroatoms. The Kier molecular flexibility index (Phi) is 2.52. The van der Waals surface area contributed by atoms with Gasteiger partial charge < -0.3 is 10.6 Å². The fourth-order valence-corrected chi connectivity index (χ4v) is 3.28. The van der Waals surface area contributed by atoms with Crippen LogP contribution in [-0.4, -0.2) is 25.7 Å². The molecule has 3 rings (SSSR count). The van der Waals surface area contributed by atoms with E-state index in [2.05, 4.69) is 17.6 Å². The second kappa shape index (κ2) is 3.74. The summed E-state index contributed by atoms with van der Waals surface area (Å²) in [6.07, 6.45) is 7.41. The van der Waals surface area contributed by atoms with Crippen molar-refractivity contribution in [3.63, 3.8) is 0 Å². The zero-order valence-electron chi connectivity index (χ0n) is 9.89. The molecule has 1 heterocycles. The van der Waals surface area contributed by atoms with Crippen molar-refractivity contribution >= 4 is 0 Å². The van der Waals surface area contributed by atoms with Crippen LogP contribution >= 0.6 is 0 Å². The van der Waals surface area contributed by atoms with Gasteiger partial charge in [-0.05, 0) is 69.4 Å². The SMILES string of the molecule is CC1NCCC1CNCC1(C2CC2)CC1. The molecule has 2 aliphatic carbocycles. The highest BCUT2D eigenvalue weighted by Crippen LogP contribution is 2.60. The first-order valence-electron chi connectivity index (χ1n) is 6.74. The van der Waals surface area contributed by atoms with Gasteiger partial charge in [-0.1, -0.05) is 0 Å². The Morgan fingerprint density at radius 2 is 2.07 bits per heavy atom. The molecule has 0 spiro atoms. The largest absolute Gasteiger partial charge is 0.316 e. The molecule has 2 atom stereocenters. The van der Waals surface area contributed by atoms with Gasteiger partial charge in [-0.3, -0.25) is 0 Å². The van der Waals surface area contributed by atoms with E-state index in [0.29, 0.717) is 0 Å². The van der Waals surface area contributed by atoms with Crippen molar-refractivity contribution in [1.29, 1.82) is 0 Å². The van der Waals surface area contributed by atoms with Crippen LogP contribution in [0, 0.1) is 17.3 Å². The van der Waals surface area contributed by atoms with Gasteiger partial charge in [-0.25, -0.2) is 0 Å². The molecule has 1 saturated heterocycles. The van der Waals surface area contributed by atoms with Crippen molar-refractivity contribution in [3.05, 3.63) is 0 Å². The van der Waals surface area contributed by atoms with E-state index >= 15 is 0 Å². The second-order valence-electron chi connectivity index (χ2n) is 6.06. The first-order valence-corrected chi connectivity index (χ1v) is 6.74. The lowest BCUT2D eigenvalue weighted by atomic mass is 9.99. The Balaban J connectivity index is 1.39. The summed E-state index contributed by atoms with van der Waals surface area (Å²) in [6.45, 7) is 6.10. The van der Waals surface area contributed by atoms with Crippen LogP contribution in [0.15, 0.2) is 0 Å². The van der Waals surface area contributed by atoms with E-state index in [4.69, 9.17) is 0 Å². The van der Waals surface area contributed by atoms with Gasteiger partial charge in [0.2, 0.25) is 0 Å². The van der Waals surface area contributed by atoms with E-state index in [0.717, 1.165) is 23.3 Å². The number of hydrogen-bond acceptors (Lipinski definition) is 2. The van der Waals surface area contributed by atoms with E-state index in [1.807, 2.05) is 0 Å². The Morgan fingerprint density at radius 3 is 2.60 bits per heavy atom. The normalized spacial score (nSPS) is 38.2. The van der Waals surface area contributed by atoms with E-state index < -0.39 is 0 Å². The molecule has 86 valence electrons. The van der Waals surface area contributed by atoms with Crippen LogP contribution in [0.4, 0.5) is 0 Å². The molecule has 2 N–H and O–H groups in total. The van der Waals surface area contributed by atoms with Crippen molar-refractivity contribution in [2.75, 3.05) is 19.6 Å². The predicted octanol–water partition coefficient (Wildman–Crippen LogP) is 1.76. The number of hydrogen-bond donors (Lipinski definition) is 2. The van der Waals surface area contributed by atoms with Crippen LogP contribution in [0.2, 0.25) is 0 Å². The second-order valence-corrected chi connectivity index (χ2v) is 6.06. The van der Waals surface area contributed by atoms with Gasteiger partial charge >= 0.3 is 0 Å². The Morgan fingerprint density at radius 1 is 1.27 bits per heavy atom. The Labute approximate surface area is 93.2 Å². The van der Waals surface area contributed by atoms with Gasteiger partial charge in [0.1, 0.15) is 0 Å². The van der Waals surface area contributed by atoms with Gasteiger partial charge in [0.05, 0.1) is 0 Å². The van der Waals surface area contributed by atoms with Crippen LogP contribution in [-0.2, 0) is 0 Å². The highest BCUT2D eigenvalue weighted by Gasteiger charge is 2.53. The summed E-state index contributed by atoms with van der Waals surface area (Å²) in [5, 5.41) is 7.27. The summed E-state index contributed by atoms with van der Waals surface area (Å²) in [7, 11) is 0. The van der Waals surface area contributed by atoms with E-state index in [9.17, 15) is 0 Å². The van der Waals surface area contributed by atoms with Crippen LogP contribution < -0.4 is 10.6 Å². The average molecular weight is 208 g/mol. The van der Waals surface area contributed by atoms with Crippen LogP contribution in [0.25, 0.3) is 0 Å². The molecule has 0 bridgehead atoms. The van der Waals surface area contributed by atoms with Crippen molar-refractivity contribution < 1.29 is 0 Å². The maximum atomic E-state index is 3.74. The van der Waals surface area contributed by atoms with Crippen molar-refractivity contribution in [2.45, 2.75) is 45.1 Å². The average Bonchev–Trinajstić information content (AvgIpc) is 3.10. The third kappa shape index (κ3) is 2.07. The molecular weight excluding hydrogens is 184 g/mol. The first kappa shape index (κ1) is 10.1. The molecular formula is C13H24N2. The smallest absolute Gasteiger partial charge is 0.00795 e. The summed E-state index contributed by atoms with van der Waals surface area (Å²) in [6, 6.07) is 0.730.